The lowest BCUT2D eigenvalue weighted by molar-refractivity contribution is 0.463. The third kappa shape index (κ3) is 2.42. The number of aromatic nitrogens is 5. The summed E-state index contributed by atoms with van der Waals surface area (Å²) in [4.78, 5) is 0.954. The van der Waals surface area contributed by atoms with Gasteiger partial charge in [0.1, 0.15) is 6.54 Å². The lowest BCUT2D eigenvalue weighted by Crippen LogP contribution is -2.07. The minimum Gasteiger partial charge on any atom is -0.418 e. The van der Waals surface area contributed by atoms with Crippen LogP contribution in [-0.2, 0) is 13.0 Å². The number of nitrogen functional groups attached to an aromatic ring is 1. The van der Waals surface area contributed by atoms with Crippen LogP contribution in [0.4, 0.5) is 5.82 Å². The first-order chi connectivity index (χ1) is 9.78. The van der Waals surface area contributed by atoms with Crippen LogP contribution in [0.15, 0.2) is 21.9 Å². The first kappa shape index (κ1) is 12.8. The molecule has 3 aromatic rings. The molecular formula is C12H14N6OS. The van der Waals surface area contributed by atoms with E-state index in [0.717, 1.165) is 23.4 Å². The highest BCUT2D eigenvalue weighted by atomic mass is 32.1. The Hall–Kier alpha value is -2.22. The summed E-state index contributed by atoms with van der Waals surface area (Å²) >= 11 is 1.56. The van der Waals surface area contributed by atoms with E-state index < -0.39 is 0 Å². The topological polar surface area (TPSA) is 95.7 Å². The van der Waals surface area contributed by atoms with Crippen molar-refractivity contribution in [2.24, 2.45) is 0 Å². The van der Waals surface area contributed by atoms with Gasteiger partial charge in [0.05, 0.1) is 10.6 Å². The maximum Gasteiger partial charge on any atom is 0.257 e. The van der Waals surface area contributed by atoms with Gasteiger partial charge in [-0.2, -0.15) is 0 Å². The predicted octanol–water partition coefficient (Wildman–Crippen LogP) is 1.97. The summed E-state index contributed by atoms with van der Waals surface area (Å²) in [6.45, 7) is 2.47. The van der Waals surface area contributed by atoms with E-state index in [1.54, 1.807) is 16.0 Å². The normalized spacial score (nSPS) is 11.1. The van der Waals surface area contributed by atoms with Gasteiger partial charge in [0.15, 0.2) is 5.82 Å². The monoisotopic (exact) mass is 290 g/mol. The fraction of sp³-hybridized carbons (Fsp3) is 0.333. The van der Waals surface area contributed by atoms with Crippen molar-refractivity contribution >= 4 is 17.2 Å². The van der Waals surface area contributed by atoms with Gasteiger partial charge < -0.3 is 10.2 Å². The molecule has 0 unspecified atom stereocenters. The fourth-order valence-corrected chi connectivity index (χ4v) is 2.56. The molecule has 0 amide bonds. The highest BCUT2D eigenvalue weighted by Crippen LogP contribution is 2.23. The Morgan fingerprint density at radius 1 is 1.35 bits per heavy atom. The molecule has 0 radical (unpaired) electrons. The van der Waals surface area contributed by atoms with Gasteiger partial charge in [-0.05, 0) is 17.9 Å². The molecule has 3 rings (SSSR count). The van der Waals surface area contributed by atoms with Crippen molar-refractivity contribution < 1.29 is 4.42 Å². The molecule has 2 N–H and O–H groups in total. The van der Waals surface area contributed by atoms with E-state index in [0.29, 0.717) is 24.1 Å². The van der Waals surface area contributed by atoms with E-state index in [1.807, 2.05) is 17.5 Å². The van der Waals surface area contributed by atoms with Gasteiger partial charge in [-0.1, -0.05) is 24.6 Å². The number of thiophene rings is 1. The third-order valence-electron chi connectivity index (χ3n) is 2.84. The second-order valence-corrected chi connectivity index (χ2v) is 5.25. The van der Waals surface area contributed by atoms with Gasteiger partial charge in [0, 0.05) is 0 Å². The molecule has 0 atom stereocenters. The van der Waals surface area contributed by atoms with Crippen LogP contribution < -0.4 is 5.73 Å². The highest BCUT2D eigenvalue weighted by molar-refractivity contribution is 7.13. The molecule has 3 aromatic heterocycles. The van der Waals surface area contributed by atoms with E-state index in [4.69, 9.17) is 10.2 Å². The Balaban J connectivity index is 1.82. The first-order valence-corrected chi connectivity index (χ1v) is 7.20. The highest BCUT2D eigenvalue weighted by Gasteiger charge is 2.14. The Labute approximate surface area is 119 Å². The van der Waals surface area contributed by atoms with Crippen molar-refractivity contribution in [1.82, 2.24) is 25.2 Å². The van der Waals surface area contributed by atoms with Gasteiger partial charge in [-0.15, -0.1) is 26.6 Å². The average Bonchev–Trinajstić information content (AvgIpc) is 3.15. The van der Waals surface area contributed by atoms with E-state index in [2.05, 4.69) is 27.4 Å². The molecule has 8 heteroatoms. The van der Waals surface area contributed by atoms with Gasteiger partial charge in [-0.25, -0.2) is 4.68 Å². The van der Waals surface area contributed by atoms with Crippen LogP contribution in [0.25, 0.3) is 10.8 Å². The Bertz CT molecular complexity index is 687. The molecule has 104 valence electrons. The summed E-state index contributed by atoms with van der Waals surface area (Å²) in [5.41, 5.74) is 6.71. The third-order valence-corrected chi connectivity index (χ3v) is 3.70. The summed E-state index contributed by atoms with van der Waals surface area (Å²) in [6.07, 6.45) is 1.80. The lowest BCUT2D eigenvalue weighted by Gasteiger charge is -2.02. The summed E-state index contributed by atoms with van der Waals surface area (Å²) in [7, 11) is 0. The summed E-state index contributed by atoms with van der Waals surface area (Å²) in [5.74, 6) is 1.49. The molecule has 3 heterocycles. The predicted molar refractivity (Wildman–Crippen MR) is 75.1 cm³/mol. The van der Waals surface area contributed by atoms with Crippen molar-refractivity contribution in [3.63, 3.8) is 0 Å². The van der Waals surface area contributed by atoms with Crippen LogP contribution >= 0.6 is 11.3 Å². The number of anilines is 1. The van der Waals surface area contributed by atoms with Gasteiger partial charge in [0.2, 0.25) is 5.89 Å². The molecule has 0 aromatic carbocycles. The second kappa shape index (κ2) is 5.41. The molecule has 0 fully saturated rings. The van der Waals surface area contributed by atoms with E-state index in [9.17, 15) is 0 Å². The molecule has 7 nitrogen and oxygen atoms in total. The van der Waals surface area contributed by atoms with Crippen LogP contribution in [0, 0.1) is 0 Å². The van der Waals surface area contributed by atoms with E-state index in [1.165, 1.54) is 0 Å². The molecular weight excluding hydrogens is 276 g/mol. The standard InChI is InChI=1S/C12H14N6OS/c1-2-4-8-11(13)15-17-18(8)7-10-14-16-12(19-10)9-5-3-6-20-9/h3,5-6H,2,4,7,13H2,1H3. The van der Waals surface area contributed by atoms with E-state index in [-0.39, 0.29) is 0 Å². The molecule has 20 heavy (non-hydrogen) atoms. The van der Waals surface area contributed by atoms with Gasteiger partial charge in [-0.3, -0.25) is 0 Å². The van der Waals surface area contributed by atoms with Crippen LogP contribution in [0.5, 0.6) is 0 Å². The molecule has 0 saturated heterocycles. The summed E-state index contributed by atoms with van der Waals surface area (Å²) in [6, 6.07) is 3.89. The molecule has 0 spiro atoms. The largest absolute Gasteiger partial charge is 0.418 e. The lowest BCUT2D eigenvalue weighted by atomic mass is 10.2. The summed E-state index contributed by atoms with van der Waals surface area (Å²) in [5, 5.41) is 18.0. The van der Waals surface area contributed by atoms with Crippen LogP contribution in [0.3, 0.4) is 0 Å². The zero-order valence-electron chi connectivity index (χ0n) is 11.0. The Morgan fingerprint density at radius 3 is 3.00 bits per heavy atom. The van der Waals surface area contributed by atoms with Crippen LogP contribution in [-0.4, -0.2) is 25.2 Å². The number of nitrogens with two attached hydrogens (primary N) is 1. The van der Waals surface area contributed by atoms with Crippen molar-refractivity contribution in [1.29, 1.82) is 0 Å². The first-order valence-electron chi connectivity index (χ1n) is 6.32. The Kier molecular flexibility index (Phi) is 3.46. The number of hydrogen-bond acceptors (Lipinski definition) is 7. The second-order valence-electron chi connectivity index (χ2n) is 4.31. The molecule has 0 bridgehead atoms. The van der Waals surface area contributed by atoms with Crippen molar-refractivity contribution in [2.45, 2.75) is 26.3 Å². The van der Waals surface area contributed by atoms with Crippen molar-refractivity contribution in [2.75, 3.05) is 5.73 Å². The SMILES string of the molecule is CCCc1c(N)nnn1Cc1nnc(-c2cccs2)o1. The number of nitrogens with zero attached hydrogens (tertiary/aromatic N) is 5. The van der Waals surface area contributed by atoms with Gasteiger partial charge in [0.25, 0.3) is 5.89 Å². The minimum atomic E-state index is 0.387. The Morgan fingerprint density at radius 2 is 2.25 bits per heavy atom. The quantitative estimate of drug-likeness (QED) is 0.771. The molecule has 0 aliphatic rings. The van der Waals surface area contributed by atoms with Crippen LogP contribution in [0.1, 0.15) is 24.9 Å². The van der Waals surface area contributed by atoms with Gasteiger partial charge >= 0.3 is 0 Å². The fourth-order valence-electron chi connectivity index (χ4n) is 1.91. The maximum absolute atomic E-state index is 5.80. The van der Waals surface area contributed by atoms with Crippen molar-refractivity contribution in [3.8, 4) is 10.8 Å². The molecule has 0 aliphatic carbocycles. The number of rotatable bonds is 5. The zero-order valence-corrected chi connectivity index (χ0v) is 11.8. The summed E-state index contributed by atoms with van der Waals surface area (Å²) < 4.78 is 7.35. The van der Waals surface area contributed by atoms with Crippen LogP contribution in [0.2, 0.25) is 0 Å². The minimum absolute atomic E-state index is 0.387. The average molecular weight is 290 g/mol. The maximum atomic E-state index is 5.80. The smallest absolute Gasteiger partial charge is 0.257 e. The zero-order chi connectivity index (χ0) is 13.9. The molecule has 0 saturated carbocycles. The molecule has 0 aliphatic heterocycles. The number of hydrogen-bond donors (Lipinski definition) is 1. The van der Waals surface area contributed by atoms with E-state index >= 15 is 0 Å². The van der Waals surface area contributed by atoms with Crippen molar-refractivity contribution in [3.05, 3.63) is 29.1 Å².